The third-order valence-corrected chi connectivity index (χ3v) is 13.6. The molecular formula is C65H45N. The normalized spacial score (nSPS) is 12.4. The summed E-state index contributed by atoms with van der Waals surface area (Å²) < 4.78 is 0. The Hall–Kier alpha value is -8.52. The molecule has 0 aromatic heterocycles. The van der Waals surface area contributed by atoms with Gasteiger partial charge in [-0.25, -0.2) is 0 Å². The van der Waals surface area contributed by atoms with Crippen LogP contribution in [0.4, 0.5) is 17.1 Å². The monoisotopic (exact) mass is 839 g/mol. The first-order chi connectivity index (χ1) is 32.7. The molecule has 0 bridgehead atoms. The maximum absolute atomic E-state index is 2.40. The number of anilines is 3. The Bertz CT molecular complexity index is 3460. The molecule has 0 atom stereocenters. The minimum atomic E-state index is -0.470. The lowest BCUT2D eigenvalue weighted by Crippen LogP contribution is -2.28. The summed E-state index contributed by atoms with van der Waals surface area (Å²) in [5, 5.41) is 2.50. The van der Waals surface area contributed by atoms with Crippen LogP contribution in [0.3, 0.4) is 0 Å². The molecule has 11 aromatic rings. The van der Waals surface area contributed by atoms with Crippen molar-refractivity contribution in [2.24, 2.45) is 0 Å². The van der Waals surface area contributed by atoms with E-state index in [-0.39, 0.29) is 0 Å². The standard InChI is InChI=1S/C65H45N/c1-4-18-46(19-5-1)50-22-14-23-51(44-50)47-36-40-55(41-37-47)66(56-42-38-49(39-43-56)59-32-16-21-48-20-10-11-30-58(48)59)57-29-15-24-52(45-57)60-33-17-35-63-64(60)61-31-12-13-34-62(61)65(63,53-25-6-2-7-26-53)54-27-8-3-9-28-54/h1-45H. The molecule has 1 heteroatoms. The molecule has 0 saturated carbocycles. The number of benzene rings is 11. The van der Waals surface area contributed by atoms with Crippen LogP contribution in [0.25, 0.3) is 66.4 Å². The topological polar surface area (TPSA) is 3.24 Å². The SMILES string of the molecule is c1ccc(-c2cccc(-c3ccc(N(c4ccc(-c5cccc6ccccc56)cc4)c4cccc(-c5cccc6c5-c5ccccc5C6(c5ccccc5)c5ccccc5)c4)cc3)c2)cc1. The van der Waals surface area contributed by atoms with Crippen molar-refractivity contribution in [3.8, 4) is 55.6 Å². The van der Waals surface area contributed by atoms with Gasteiger partial charge in [-0.1, -0.05) is 231 Å². The predicted octanol–water partition coefficient (Wildman–Crippen LogP) is 17.3. The average molecular weight is 840 g/mol. The molecular weight excluding hydrogens is 795 g/mol. The van der Waals surface area contributed by atoms with Crippen LogP contribution in [-0.4, -0.2) is 0 Å². The zero-order valence-corrected chi connectivity index (χ0v) is 36.4. The van der Waals surface area contributed by atoms with Crippen molar-refractivity contribution in [2.75, 3.05) is 4.90 Å². The Kier molecular flexibility index (Phi) is 9.81. The van der Waals surface area contributed by atoms with Gasteiger partial charge in [0.25, 0.3) is 0 Å². The summed E-state index contributed by atoms with van der Waals surface area (Å²) in [5.41, 5.74) is 20.1. The maximum atomic E-state index is 2.40. The van der Waals surface area contributed by atoms with Crippen LogP contribution in [0, 0.1) is 0 Å². The summed E-state index contributed by atoms with van der Waals surface area (Å²) in [6.07, 6.45) is 0. The molecule has 0 heterocycles. The van der Waals surface area contributed by atoms with E-state index >= 15 is 0 Å². The highest BCUT2D eigenvalue weighted by Crippen LogP contribution is 2.58. The smallest absolute Gasteiger partial charge is 0.0713 e. The van der Waals surface area contributed by atoms with Gasteiger partial charge in [0.1, 0.15) is 0 Å². The molecule has 11 aromatic carbocycles. The Morgan fingerprint density at radius 1 is 0.258 bits per heavy atom. The van der Waals surface area contributed by atoms with Crippen molar-refractivity contribution in [1.29, 1.82) is 0 Å². The molecule has 1 nitrogen and oxygen atoms in total. The van der Waals surface area contributed by atoms with Gasteiger partial charge in [-0.05, 0) is 131 Å². The number of rotatable bonds is 9. The van der Waals surface area contributed by atoms with Crippen LogP contribution in [-0.2, 0) is 5.41 Å². The quantitative estimate of drug-likeness (QED) is 0.140. The largest absolute Gasteiger partial charge is 0.310 e. The van der Waals surface area contributed by atoms with E-state index in [2.05, 4.69) is 278 Å². The van der Waals surface area contributed by atoms with Crippen molar-refractivity contribution < 1.29 is 0 Å². The second kappa shape index (κ2) is 16.6. The summed E-state index contributed by atoms with van der Waals surface area (Å²) >= 11 is 0. The average Bonchev–Trinajstić information content (AvgIpc) is 3.71. The fraction of sp³-hybridized carbons (Fsp3) is 0.0154. The number of nitrogens with zero attached hydrogens (tertiary/aromatic N) is 1. The summed E-state index contributed by atoms with van der Waals surface area (Å²) in [6, 6.07) is 99.9. The van der Waals surface area contributed by atoms with Crippen LogP contribution in [0.2, 0.25) is 0 Å². The van der Waals surface area contributed by atoms with Gasteiger partial charge < -0.3 is 4.90 Å². The van der Waals surface area contributed by atoms with Crippen molar-refractivity contribution in [1.82, 2.24) is 0 Å². The zero-order valence-electron chi connectivity index (χ0n) is 36.4. The van der Waals surface area contributed by atoms with E-state index in [1.807, 2.05) is 0 Å². The zero-order chi connectivity index (χ0) is 43.9. The molecule has 0 spiro atoms. The van der Waals surface area contributed by atoms with E-state index in [4.69, 9.17) is 0 Å². The van der Waals surface area contributed by atoms with Crippen molar-refractivity contribution in [2.45, 2.75) is 5.41 Å². The molecule has 0 aliphatic heterocycles. The Morgan fingerprint density at radius 2 is 0.727 bits per heavy atom. The molecule has 0 unspecified atom stereocenters. The maximum Gasteiger partial charge on any atom is 0.0713 e. The second-order valence-electron chi connectivity index (χ2n) is 17.2. The van der Waals surface area contributed by atoms with Gasteiger partial charge in [0.05, 0.1) is 5.41 Å². The highest BCUT2D eigenvalue weighted by molar-refractivity contribution is 5.98. The van der Waals surface area contributed by atoms with E-state index in [0.29, 0.717) is 0 Å². The molecule has 1 aliphatic rings. The van der Waals surface area contributed by atoms with Crippen molar-refractivity contribution >= 4 is 27.8 Å². The van der Waals surface area contributed by atoms with Gasteiger partial charge in [-0.2, -0.15) is 0 Å². The number of hydrogen-bond donors (Lipinski definition) is 0. The van der Waals surface area contributed by atoms with Crippen molar-refractivity contribution in [3.63, 3.8) is 0 Å². The molecule has 66 heavy (non-hydrogen) atoms. The first-order valence-corrected chi connectivity index (χ1v) is 22.8. The fourth-order valence-electron chi connectivity index (χ4n) is 10.6. The van der Waals surface area contributed by atoms with E-state index in [1.54, 1.807) is 0 Å². The molecule has 0 N–H and O–H groups in total. The van der Waals surface area contributed by atoms with Gasteiger partial charge in [-0.3, -0.25) is 0 Å². The summed E-state index contributed by atoms with van der Waals surface area (Å²) in [6.45, 7) is 0. The van der Waals surface area contributed by atoms with Crippen LogP contribution in [0.1, 0.15) is 22.3 Å². The van der Waals surface area contributed by atoms with Crippen molar-refractivity contribution in [3.05, 3.63) is 295 Å². The highest BCUT2D eigenvalue weighted by atomic mass is 15.1. The van der Waals surface area contributed by atoms with Gasteiger partial charge in [-0.15, -0.1) is 0 Å². The molecule has 310 valence electrons. The number of hydrogen-bond acceptors (Lipinski definition) is 1. The predicted molar refractivity (Wildman–Crippen MR) is 278 cm³/mol. The molecule has 0 radical (unpaired) electrons. The van der Waals surface area contributed by atoms with E-state index in [1.165, 1.54) is 88.7 Å². The first kappa shape index (κ1) is 39.1. The minimum Gasteiger partial charge on any atom is -0.310 e. The molecule has 0 amide bonds. The van der Waals surface area contributed by atoms with E-state index in [9.17, 15) is 0 Å². The minimum absolute atomic E-state index is 0.470. The molecule has 0 fully saturated rings. The third-order valence-electron chi connectivity index (χ3n) is 13.6. The molecule has 1 aliphatic carbocycles. The second-order valence-corrected chi connectivity index (χ2v) is 17.2. The molecule has 0 saturated heterocycles. The number of fused-ring (bicyclic) bond motifs is 4. The Morgan fingerprint density at radius 3 is 1.44 bits per heavy atom. The van der Waals surface area contributed by atoms with Crippen LogP contribution in [0.15, 0.2) is 273 Å². The highest BCUT2D eigenvalue weighted by Gasteiger charge is 2.46. The van der Waals surface area contributed by atoms with Gasteiger partial charge in [0.15, 0.2) is 0 Å². The lowest BCUT2D eigenvalue weighted by Gasteiger charge is -2.34. The van der Waals surface area contributed by atoms with E-state index in [0.717, 1.165) is 17.1 Å². The summed E-state index contributed by atoms with van der Waals surface area (Å²) in [7, 11) is 0. The Labute approximate surface area is 387 Å². The third kappa shape index (κ3) is 6.64. The van der Waals surface area contributed by atoms with Gasteiger partial charge in [0, 0.05) is 17.1 Å². The first-order valence-electron chi connectivity index (χ1n) is 22.8. The van der Waals surface area contributed by atoms with Crippen LogP contribution >= 0.6 is 0 Å². The van der Waals surface area contributed by atoms with Gasteiger partial charge >= 0.3 is 0 Å². The van der Waals surface area contributed by atoms with E-state index < -0.39 is 5.41 Å². The fourth-order valence-corrected chi connectivity index (χ4v) is 10.6. The van der Waals surface area contributed by atoms with Crippen LogP contribution < -0.4 is 4.90 Å². The van der Waals surface area contributed by atoms with Gasteiger partial charge in [0.2, 0.25) is 0 Å². The lowest BCUT2D eigenvalue weighted by atomic mass is 9.67. The summed E-state index contributed by atoms with van der Waals surface area (Å²) in [5.74, 6) is 0. The lowest BCUT2D eigenvalue weighted by molar-refractivity contribution is 0.768. The summed E-state index contributed by atoms with van der Waals surface area (Å²) in [4.78, 5) is 2.40. The van der Waals surface area contributed by atoms with Crippen LogP contribution in [0.5, 0.6) is 0 Å². The Balaban J connectivity index is 0.999. The molecule has 12 rings (SSSR count).